The van der Waals surface area contributed by atoms with Gasteiger partial charge in [0.15, 0.2) is 12.0 Å². The molecule has 0 aliphatic heterocycles. The van der Waals surface area contributed by atoms with Crippen LogP contribution in [-0.4, -0.2) is 18.1 Å². The standard InChI is InChI=1S/C12H17N3O/c13-5-1-2-6-14-8-10-3-4-11-12(7-10)16-9-15-11/h3-4,7,9,14H,1-2,5-6,8,13H2. The van der Waals surface area contributed by atoms with Gasteiger partial charge in [-0.15, -0.1) is 0 Å². The van der Waals surface area contributed by atoms with Gasteiger partial charge in [0.05, 0.1) is 0 Å². The van der Waals surface area contributed by atoms with E-state index in [4.69, 9.17) is 10.2 Å². The van der Waals surface area contributed by atoms with Crippen molar-refractivity contribution in [2.24, 2.45) is 5.73 Å². The highest BCUT2D eigenvalue weighted by Crippen LogP contribution is 2.13. The van der Waals surface area contributed by atoms with Gasteiger partial charge in [-0.2, -0.15) is 0 Å². The zero-order chi connectivity index (χ0) is 11.2. The van der Waals surface area contributed by atoms with Gasteiger partial charge in [0.25, 0.3) is 0 Å². The van der Waals surface area contributed by atoms with Gasteiger partial charge in [-0.3, -0.25) is 0 Å². The van der Waals surface area contributed by atoms with Gasteiger partial charge in [-0.25, -0.2) is 4.98 Å². The predicted octanol–water partition coefficient (Wildman–Crippen LogP) is 1.66. The van der Waals surface area contributed by atoms with Crippen LogP contribution in [0.5, 0.6) is 0 Å². The Morgan fingerprint density at radius 1 is 1.31 bits per heavy atom. The first-order chi connectivity index (χ1) is 7.90. The topological polar surface area (TPSA) is 64.1 Å². The van der Waals surface area contributed by atoms with Crippen LogP contribution >= 0.6 is 0 Å². The molecule has 0 saturated carbocycles. The number of fused-ring (bicyclic) bond motifs is 1. The van der Waals surface area contributed by atoms with E-state index in [-0.39, 0.29) is 0 Å². The van der Waals surface area contributed by atoms with E-state index < -0.39 is 0 Å². The third kappa shape index (κ3) is 2.81. The molecule has 0 amide bonds. The Kier molecular flexibility index (Phi) is 3.91. The highest BCUT2D eigenvalue weighted by atomic mass is 16.3. The van der Waals surface area contributed by atoms with Crippen molar-refractivity contribution in [1.82, 2.24) is 10.3 Å². The average molecular weight is 219 g/mol. The lowest BCUT2D eigenvalue weighted by Gasteiger charge is -2.03. The first kappa shape index (κ1) is 11.1. The summed E-state index contributed by atoms with van der Waals surface area (Å²) in [5.41, 5.74) is 8.40. The maximum Gasteiger partial charge on any atom is 0.181 e. The molecule has 0 spiro atoms. The van der Waals surface area contributed by atoms with Crippen molar-refractivity contribution < 1.29 is 4.42 Å². The third-order valence-corrected chi connectivity index (χ3v) is 2.53. The van der Waals surface area contributed by atoms with Crippen molar-refractivity contribution in [3.63, 3.8) is 0 Å². The molecule has 1 aromatic heterocycles. The average Bonchev–Trinajstić information content (AvgIpc) is 2.76. The molecule has 2 aromatic rings. The van der Waals surface area contributed by atoms with E-state index in [9.17, 15) is 0 Å². The van der Waals surface area contributed by atoms with Gasteiger partial charge in [0.1, 0.15) is 5.52 Å². The molecule has 0 bridgehead atoms. The highest BCUT2D eigenvalue weighted by Gasteiger charge is 1.99. The fraction of sp³-hybridized carbons (Fsp3) is 0.417. The van der Waals surface area contributed by atoms with Crippen LogP contribution in [0, 0.1) is 0 Å². The number of oxazole rings is 1. The minimum atomic E-state index is 0.770. The summed E-state index contributed by atoms with van der Waals surface area (Å²) in [5.74, 6) is 0. The van der Waals surface area contributed by atoms with E-state index in [1.165, 1.54) is 12.0 Å². The van der Waals surface area contributed by atoms with Crippen LogP contribution in [0.15, 0.2) is 29.0 Å². The largest absolute Gasteiger partial charge is 0.443 e. The monoisotopic (exact) mass is 219 g/mol. The van der Waals surface area contributed by atoms with E-state index in [2.05, 4.69) is 16.4 Å². The smallest absolute Gasteiger partial charge is 0.181 e. The number of benzene rings is 1. The van der Waals surface area contributed by atoms with Gasteiger partial charge < -0.3 is 15.5 Å². The highest BCUT2D eigenvalue weighted by molar-refractivity contribution is 5.72. The summed E-state index contributed by atoms with van der Waals surface area (Å²) in [6.45, 7) is 2.64. The number of unbranched alkanes of at least 4 members (excludes halogenated alkanes) is 1. The van der Waals surface area contributed by atoms with Crippen molar-refractivity contribution in [3.05, 3.63) is 30.2 Å². The molecule has 0 fully saturated rings. The van der Waals surface area contributed by atoms with Crippen molar-refractivity contribution in [3.8, 4) is 0 Å². The number of rotatable bonds is 6. The Hall–Kier alpha value is -1.39. The Bertz CT molecular complexity index is 439. The van der Waals surface area contributed by atoms with Crippen LogP contribution < -0.4 is 11.1 Å². The molecular formula is C12H17N3O. The lowest BCUT2D eigenvalue weighted by molar-refractivity contribution is 0.599. The lowest BCUT2D eigenvalue weighted by atomic mass is 10.2. The van der Waals surface area contributed by atoms with E-state index in [1.807, 2.05) is 12.1 Å². The van der Waals surface area contributed by atoms with E-state index >= 15 is 0 Å². The Balaban J connectivity index is 1.84. The number of nitrogens with zero attached hydrogens (tertiary/aromatic N) is 1. The minimum Gasteiger partial charge on any atom is -0.443 e. The molecule has 0 radical (unpaired) electrons. The molecule has 4 nitrogen and oxygen atoms in total. The van der Waals surface area contributed by atoms with Gasteiger partial charge in [-0.05, 0) is 43.6 Å². The summed E-state index contributed by atoms with van der Waals surface area (Å²) in [5, 5.41) is 3.38. The van der Waals surface area contributed by atoms with Crippen LogP contribution in [0.25, 0.3) is 11.1 Å². The second-order valence-corrected chi connectivity index (χ2v) is 3.83. The molecular weight excluding hydrogens is 202 g/mol. The molecule has 0 unspecified atom stereocenters. The molecule has 16 heavy (non-hydrogen) atoms. The van der Waals surface area contributed by atoms with Crippen molar-refractivity contribution >= 4 is 11.1 Å². The maximum absolute atomic E-state index is 5.43. The van der Waals surface area contributed by atoms with Gasteiger partial charge in [0.2, 0.25) is 0 Å². The minimum absolute atomic E-state index is 0.770. The van der Waals surface area contributed by atoms with Gasteiger partial charge in [-0.1, -0.05) is 6.07 Å². The molecule has 1 aromatic carbocycles. The lowest BCUT2D eigenvalue weighted by Crippen LogP contribution is -2.15. The zero-order valence-corrected chi connectivity index (χ0v) is 9.28. The molecule has 2 rings (SSSR count). The Morgan fingerprint density at radius 3 is 3.12 bits per heavy atom. The number of hydrogen-bond donors (Lipinski definition) is 2. The molecule has 4 heteroatoms. The summed E-state index contributed by atoms with van der Waals surface area (Å²) >= 11 is 0. The summed E-state index contributed by atoms with van der Waals surface area (Å²) in [7, 11) is 0. The quantitative estimate of drug-likeness (QED) is 0.725. The Morgan fingerprint density at radius 2 is 2.25 bits per heavy atom. The predicted molar refractivity (Wildman–Crippen MR) is 64.0 cm³/mol. The fourth-order valence-electron chi connectivity index (χ4n) is 1.64. The van der Waals surface area contributed by atoms with Crippen LogP contribution in [0.3, 0.4) is 0 Å². The van der Waals surface area contributed by atoms with Crippen LogP contribution in [-0.2, 0) is 6.54 Å². The number of nitrogens with one attached hydrogen (secondary N) is 1. The molecule has 1 heterocycles. The SMILES string of the molecule is NCCCCNCc1ccc2ncoc2c1. The van der Waals surface area contributed by atoms with E-state index in [1.54, 1.807) is 0 Å². The van der Waals surface area contributed by atoms with E-state index in [0.29, 0.717) is 0 Å². The second-order valence-electron chi connectivity index (χ2n) is 3.83. The summed E-state index contributed by atoms with van der Waals surface area (Å²) < 4.78 is 5.25. The number of nitrogens with two attached hydrogens (primary N) is 1. The molecule has 3 N–H and O–H groups in total. The summed E-state index contributed by atoms with van der Waals surface area (Å²) in [6.07, 6.45) is 3.68. The molecule has 86 valence electrons. The molecule has 0 aliphatic carbocycles. The Labute approximate surface area is 94.8 Å². The maximum atomic E-state index is 5.43. The van der Waals surface area contributed by atoms with Gasteiger partial charge in [0, 0.05) is 6.54 Å². The van der Waals surface area contributed by atoms with Gasteiger partial charge >= 0.3 is 0 Å². The summed E-state index contributed by atoms with van der Waals surface area (Å²) in [6, 6.07) is 6.08. The zero-order valence-electron chi connectivity index (χ0n) is 9.28. The number of hydrogen-bond acceptors (Lipinski definition) is 4. The first-order valence-corrected chi connectivity index (χ1v) is 5.63. The second kappa shape index (κ2) is 5.63. The van der Waals surface area contributed by atoms with Crippen molar-refractivity contribution in [1.29, 1.82) is 0 Å². The summed E-state index contributed by atoms with van der Waals surface area (Å²) in [4.78, 5) is 4.08. The first-order valence-electron chi connectivity index (χ1n) is 5.63. The fourth-order valence-corrected chi connectivity index (χ4v) is 1.64. The van der Waals surface area contributed by atoms with Crippen LogP contribution in [0.4, 0.5) is 0 Å². The number of aromatic nitrogens is 1. The molecule has 0 saturated heterocycles. The van der Waals surface area contributed by atoms with Crippen molar-refractivity contribution in [2.75, 3.05) is 13.1 Å². The van der Waals surface area contributed by atoms with Crippen LogP contribution in [0.2, 0.25) is 0 Å². The van der Waals surface area contributed by atoms with Crippen LogP contribution in [0.1, 0.15) is 18.4 Å². The molecule has 0 aliphatic rings. The third-order valence-electron chi connectivity index (χ3n) is 2.53. The normalized spacial score (nSPS) is 11.1. The van der Waals surface area contributed by atoms with E-state index in [0.717, 1.165) is 43.6 Å². The molecule has 0 atom stereocenters. The van der Waals surface area contributed by atoms with Crippen molar-refractivity contribution in [2.45, 2.75) is 19.4 Å².